The third-order valence-electron chi connectivity index (χ3n) is 2.18. The van der Waals surface area contributed by atoms with Gasteiger partial charge in [-0.15, -0.1) is 0 Å². The summed E-state index contributed by atoms with van der Waals surface area (Å²) < 4.78 is 0. The van der Waals surface area contributed by atoms with Crippen molar-refractivity contribution >= 4 is 0 Å². The molecule has 0 bridgehead atoms. The van der Waals surface area contributed by atoms with Crippen molar-refractivity contribution in [3.05, 3.63) is 0 Å². The minimum absolute atomic E-state index is 0.793. The first kappa shape index (κ1) is 8.02. The van der Waals surface area contributed by atoms with Gasteiger partial charge in [0.15, 0.2) is 0 Å². The van der Waals surface area contributed by atoms with E-state index in [2.05, 4.69) is 30.7 Å². The average Bonchev–Trinajstić information content (AvgIpc) is 1.82. The Morgan fingerprint density at radius 2 is 2.00 bits per heavy atom. The van der Waals surface area contributed by atoms with Crippen LogP contribution in [-0.2, 0) is 0 Å². The highest BCUT2D eigenvalue weighted by Crippen LogP contribution is 2.13. The summed E-state index contributed by atoms with van der Waals surface area (Å²) in [6, 6.07) is 0.793. The van der Waals surface area contributed by atoms with Crippen molar-refractivity contribution in [1.82, 2.24) is 9.80 Å². The second-order valence-corrected chi connectivity index (χ2v) is 3.37. The molecule has 1 aliphatic rings. The summed E-state index contributed by atoms with van der Waals surface area (Å²) in [5, 5.41) is 0. The van der Waals surface area contributed by atoms with Crippen LogP contribution in [0.5, 0.6) is 0 Å². The highest BCUT2D eigenvalue weighted by atomic mass is 15.5. The normalized spacial score (nSPS) is 24.3. The number of hydrogen-bond acceptors (Lipinski definition) is 2. The van der Waals surface area contributed by atoms with Crippen LogP contribution >= 0.6 is 0 Å². The lowest BCUT2D eigenvalue weighted by Crippen LogP contribution is -2.56. The van der Waals surface area contributed by atoms with Crippen molar-refractivity contribution in [2.24, 2.45) is 0 Å². The molecule has 0 radical (unpaired) electrons. The summed E-state index contributed by atoms with van der Waals surface area (Å²) in [5.74, 6) is 0. The van der Waals surface area contributed by atoms with E-state index < -0.39 is 0 Å². The molecule has 1 unspecified atom stereocenters. The molecule has 0 spiro atoms. The van der Waals surface area contributed by atoms with E-state index in [1.807, 2.05) is 0 Å². The first-order valence-electron chi connectivity index (χ1n) is 4.16. The molecule has 1 rings (SSSR count). The quantitative estimate of drug-likeness (QED) is 0.586. The number of rotatable bonds is 3. The monoisotopic (exact) mass is 142 g/mol. The molecule has 0 amide bonds. The van der Waals surface area contributed by atoms with Crippen LogP contribution in [0.2, 0.25) is 0 Å². The Labute approximate surface area is 63.8 Å². The summed E-state index contributed by atoms with van der Waals surface area (Å²) in [4.78, 5) is 4.83. The maximum Gasteiger partial charge on any atom is 0.0529 e. The van der Waals surface area contributed by atoms with Crippen LogP contribution in [-0.4, -0.2) is 36.2 Å². The van der Waals surface area contributed by atoms with Crippen molar-refractivity contribution in [2.75, 3.05) is 20.4 Å². The van der Waals surface area contributed by atoms with Crippen LogP contribution in [0.4, 0.5) is 0 Å². The van der Waals surface area contributed by atoms with E-state index >= 15 is 0 Å². The van der Waals surface area contributed by atoms with Gasteiger partial charge < -0.3 is 0 Å². The molecule has 0 N–H and O–H groups in total. The van der Waals surface area contributed by atoms with Crippen LogP contribution in [0.1, 0.15) is 26.7 Å². The van der Waals surface area contributed by atoms with Crippen molar-refractivity contribution in [1.29, 1.82) is 0 Å². The van der Waals surface area contributed by atoms with Crippen molar-refractivity contribution in [3.8, 4) is 0 Å². The third kappa shape index (κ3) is 1.70. The lowest BCUT2D eigenvalue weighted by Gasteiger charge is -2.43. The number of hydrogen-bond donors (Lipinski definition) is 0. The maximum absolute atomic E-state index is 2.50. The molecule has 0 aromatic heterocycles. The van der Waals surface area contributed by atoms with E-state index in [1.165, 1.54) is 26.2 Å². The second kappa shape index (κ2) is 3.35. The van der Waals surface area contributed by atoms with Crippen LogP contribution in [0, 0.1) is 0 Å². The Balaban J connectivity index is 2.11. The van der Waals surface area contributed by atoms with Crippen LogP contribution in [0.15, 0.2) is 0 Å². The van der Waals surface area contributed by atoms with Crippen LogP contribution in [0.25, 0.3) is 0 Å². The topological polar surface area (TPSA) is 6.48 Å². The zero-order valence-corrected chi connectivity index (χ0v) is 7.30. The maximum atomic E-state index is 2.50. The highest BCUT2D eigenvalue weighted by Gasteiger charge is 2.23. The SMILES string of the molecule is CCCC(C)N1CN(C)C1. The zero-order chi connectivity index (χ0) is 7.56. The highest BCUT2D eigenvalue weighted by molar-refractivity contribution is 4.72. The minimum atomic E-state index is 0.793. The predicted molar refractivity (Wildman–Crippen MR) is 43.7 cm³/mol. The smallest absolute Gasteiger partial charge is 0.0529 e. The molecular formula is C8H18N2. The first-order chi connectivity index (χ1) is 4.74. The van der Waals surface area contributed by atoms with Gasteiger partial charge in [0.05, 0.1) is 13.3 Å². The minimum Gasteiger partial charge on any atom is -0.280 e. The summed E-state index contributed by atoms with van der Waals surface area (Å²) in [5.41, 5.74) is 0. The van der Waals surface area contributed by atoms with Gasteiger partial charge in [0.1, 0.15) is 0 Å². The van der Waals surface area contributed by atoms with E-state index in [9.17, 15) is 0 Å². The summed E-state index contributed by atoms with van der Waals surface area (Å²) in [7, 11) is 2.16. The Kier molecular flexibility index (Phi) is 2.69. The van der Waals surface area contributed by atoms with E-state index in [-0.39, 0.29) is 0 Å². The van der Waals surface area contributed by atoms with E-state index in [1.54, 1.807) is 0 Å². The largest absolute Gasteiger partial charge is 0.280 e. The van der Waals surface area contributed by atoms with Gasteiger partial charge in [0.25, 0.3) is 0 Å². The summed E-state index contributed by atoms with van der Waals surface area (Å²) in [6.45, 7) is 6.90. The molecule has 1 heterocycles. The molecule has 2 heteroatoms. The standard InChI is InChI=1S/C8H18N2/c1-4-5-8(2)10-6-9(3)7-10/h8H,4-7H2,1-3H3. The molecule has 60 valence electrons. The molecular weight excluding hydrogens is 124 g/mol. The van der Waals surface area contributed by atoms with Gasteiger partial charge in [0.2, 0.25) is 0 Å². The van der Waals surface area contributed by atoms with Crippen molar-refractivity contribution in [2.45, 2.75) is 32.7 Å². The lowest BCUT2D eigenvalue weighted by atomic mass is 10.1. The van der Waals surface area contributed by atoms with Gasteiger partial charge in [-0.25, -0.2) is 0 Å². The Bertz CT molecular complexity index is 94.7. The molecule has 0 aromatic rings. The zero-order valence-electron chi connectivity index (χ0n) is 7.30. The summed E-state index contributed by atoms with van der Waals surface area (Å²) in [6.07, 6.45) is 2.65. The molecule has 0 aliphatic carbocycles. The van der Waals surface area contributed by atoms with E-state index in [4.69, 9.17) is 0 Å². The van der Waals surface area contributed by atoms with E-state index in [0.29, 0.717) is 0 Å². The Hall–Kier alpha value is -0.0800. The first-order valence-corrected chi connectivity index (χ1v) is 4.16. The molecule has 1 atom stereocenters. The molecule has 10 heavy (non-hydrogen) atoms. The lowest BCUT2D eigenvalue weighted by molar-refractivity contribution is -0.0392. The molecule has 1 fully saturated rings. The van der Waals surface area contributed by atoms with Gasteiger partial charge in [-0.1, -0.05) is 13.3 Å². The fourth-order valence-electron chi connectivity index (χ4n) is 1.46. The average molecular weight is 142 g/mol. The third-order valence-corrected chi connectivity index (χ3v) is 2.18. The second-order valence-electron chi connectivity index (χ2n) is 3.37. The van der Waals surface area contributed by atoms with Crippen LogP contribution in [0.3, 0.4) is 0 Å². The Morgan fingerprint density at radius 1 is 1.40 bits per heavy atom. The van der Waals surface area contributed by atoms with Crippen LogP contribution < -0.4 is 0 Å². The molecule has 0 aromatic carbocycles. The van der Waals surface area contributed by atoms with Gasteiger partial charge in [0, 0.05) is 6.04 Å². The van der Waals surface area contributed by atoms with Gasteiger partial charge >= 0.3 is 0 Å². The molecule has 0 saturated carbocycles. The fraction of sp³-hybridized carbons (Fsp3) is 1.00. The van der Waals surface area contributed by atoms with Crippen molar-refractivity contribution in [3.63, 3.8) is 0 Å². The molecule has 1 aliphatic heterocycles. The Morgan fingerprint density at radius 3 is 2.40 bits per heavy atom. The van der Waals surface area contributed by atoms with Gasteiger partial charge in [-0.2, -0.15) is 0 Å². The van der Waals surface area contributed by atoms with E-state index in [0.717, 1.165) is 6.04 Å². The predicted octanol–water partition coefficient (Wildman–Crippen LogP) is 1.34. The molecule has 1 saturated heterocycles. The summed E-state index contributed by atoms with van der Waals surface area (Å²) >= 11 is 0. The van der Waals surface area contributed by atoms with Gasteiger partial charge in [-0.05, 0) is 20.4 Å². The fourth-order valence-corrected chi connectivity index (χ4v) is 1.46. The van der Waals surface area contributed by atoms with Gasteiger partial charge in [-0.3, -0.25) is 9.80 Å². The number of nitrogens with zero attached hydrogens (tertiary/aromatic N) is 2. The van der Waals surface area contributed by atoms with Crippen molar-refractivity contribution < 1.29 is 0 Å². The molecule has 2 nitrogen and oxygen atoms in total.